The number of hydrogen-bond donors (Lipinski definition) is 1. The van der Waals surface area contributed by atoms with Crippen molar-refractivity contribution in [3.63, 3.8) is 0 Å². The largest absolute Gasteiger partial charge is 0.376 e. The summed E-state index contributed by atoms with van der Waals surface area (Å²) in [6, 6.07) is 4.82. The maximum atomic E-state index is 5.73. The molecule has 0 bridgehead atoms. The predicted octanol–water partition coefficient (Wildman–Crippen LogP) is 1.80. The molecule has 19 heavy (non-hydrogen) atoms. The monoisotopic (exact) mass is 263 g/mol. The number of pyridine rings is 1. The molecule has 2 rings (SSSR count). The highest BCUT2D eigenvalue weighted by Crippen LogP contribution is 2.17. The predicted molar refractivity (Wildman–Crippen MR) is 76.9 cm³/mol. The van der Waals surface area contributed by atoms with Crippen LogP contribution in [0.2, 0.25) is 0 Å². The second-order valence-electron chi connectivity index (χ2n) is 5.32. The minimum atomic E-state index is 0.325. The van der Waals surface area contributed by atoms with E-state index in [1.54, 1.807) is 0 Å². The molecule has 4 nitrogen and oxygen atoms in total. The van der Waals surface area contributed by atoms with Crippen molar-refractivity contribution in [3.05, 3.63) is 29.6 Å². The first-order valence-electron chi connectivity index (χ1n) is 7.17. The molecule has 106 valence electrons. The van der Waals surface area contributed by atoms with Crippen molar-refractivity contribution in [3.8, 4) is 0 Å². The third-order valence-corrected chi connectivity index (χ3v) is 3.68. The summed E-state index contributed by atoms with van der Waals surface area (Å²) in [4.78, 5) is 7.06. The first-order chi connectivity index (χ1) is 9.22. The zero-order valence-corrected chi connectivity index (χ0v) is 12.2. The highest BCUT2D eigenvalue weighted by atomic mass is 16.5. The quantitative estimate of drug-likeness (QED) is 0.879. The topological polar surface area (TPSA) is 37.4 Å². The standard InChI is InChI=1S/C15H25N3O/c1-4-15-11-19-12(2)9-18(15)10-14-6-5-13(7-16-3)8-17-14/h5-6,8,12,15-16H,4,7,9-11H2,1-3H3. The Balaban J connectivity index is 1.98. The van der Waals surface area contributed by atoms with Gasteiger partial charge in [-0.2, -0.15) is 0 Å². The Hall–Kier alpha value is -0.970. The van der Waals surface area contributed by atoms with Crippen LogP contribution in [-0.4, -0.2) is 42.2 Å². The van der Waals surface area contributed by atoms with Gasteiger partial charge >= 0.3 is 0 Å². The Kier molecular flexibility index (Phi) is 5.31. The molecule has 1 aliphatic heterocycles. The maximum Gasteiger partial charge on any atom is 0.0674 e. The fourth-order valence-corrected chi connectivity index (χ4v) is 2.55. The molecule has 0 aliphatic carbocycles. The van der Waals surface area contributed by atoms with Gasteiger partial charge in [0, 0.05) is 31.9 Å². The van der Waals surface area contributed by atoms with Gasteiger partial charge in [0.15, 0.2) is 0 Å². The van der Waals surface area contributed by atoms with E-state index in [1.807, 2.05) is 13.2 Å². The molecule has 2 unspecified atom stereocenters. The third kappa shape index (κ3) is 4.00. The van der Waals surface area contributed by atoms with E-state index in [0.29, 0.717) is 12.1 Å². The van der Waals surface area contributed by atoms with Crippen LogP contribution in [0.4, 0.5) is 0 Å². The summed E-state index contributed by atoms with van der Waals surface area (Å²) < 4.78 is 5.73. The van der Waals surface area contributed by atoms with Crippen molar-refractivity contribution in [2.24, 2.45) is 0 Å². The molecule has 1 aliphatic rings. The molecule has 1 aromatic heterocycles. The molecule has 0 radical (unpaired) electrons. The summed E-state index contributed by atoms with van der Waals surface area (Å²) in [5.74, 6) is 0. The van der Waals surface area contributed by atoms with E-state index in [4.69, 9.17) is 4.74 Å². The molecule has 1 N–H and O–H groups in total. The van der Waals surface area contributed by atoms with E-state index >= 15 is 0 Å². The van der Waals surface area contributed by atoms with E-state index in [1.165, 1.54) is 5.56 Å². The molecular weight excluding hydrogens is 238 g/mol. The van der Waals surface area contributed by atoms with Crippen LogP contribution in [0.25, 0.3) is 0 Å². The Morgan fingerprint density at radius 1 is 1.47 bits per heavy atom. The van der Waals surface area contributed by atoms with Crippen LogP contribution in [-0.2, 0) is 17.8 Å². The summed E-state index contributed by atoms with van der Waals surface area (Å²) in [7, 11) is 1.95. The number of nitrogens with one attached hydrogen (secondary N) is 1. The Bertz CT molecular complexity index is 379. The lowest BCUT2D eigenvalue weighted by molar-refractivity contribution is -0.0595. The smallest absolute Gasteiger partial charge is 0.0674 e. The molecule has 0 aromatic carbocycles. The van der Waals surface area contributed by atoms with Crippen LogP contribution in [0, 0.1) is 0 Å². The lowest BCUT2D eigenvalue weighted by Gasteiger charge is -2.38. The maximum absolute atomic E-state index is 5.73. The van der Waals surface area contributed by atoms with E-state index in [9.17, 15) is 0 Å². The summed E-state index contributed by atoms with van der Waals surface area (Å²) in [5.41, 5.74) is 2.38. The highest BCUT2D eigenvalue weighted by molar-refractivity contribution is 5.14. The van der Waals surface area contributed by atoms with Gasteiger partial charge in [0.25, 0.3) is 0 Å². The lowest BCUT2D eigenvalue weighted by atomic mass is 10.1. The summed E-state index contributed by atoms with van der Waals surface area (Å²) in [6.45, 7) is 8.00. The molecule has 1 fully saturated rings. The number of ether oxygens (including phenoxy) is 1. The van der Waals surface area contributed by atoms with E-state index in [0.717, 1.165) is 38.4 Å². The minimum absolute atomic E-state index is 0.325. The summed E-state index contributed by atoms with van der Waals surface area (Å²) >= 11 is 0. The highest BCUT2D eigenvalue weighted by Gasteiger charge is 2.25. The number of hydrogen-bond acceptors (Lipinski definition) is 4. The first-order valence-corrected chi connectivity index (χ1v) is 7.17. The fraction of sp³-hybridized carbons (Fsp3) is 0.667. The molecular formula is C15H25N3O. The van der Waals surface area contributed by atoms with E-state index in [-0.39, 0.29) is 0 Å². The van der Waals surface area contributed by atoms with Gasteiger partial charge in [-0.15, -0.1) is 0 Å². The van der Waals surface area contributed by atoms with Crippen molar-refractivity contribution in [1.82, 2.24) is 15.2 Å². The van der Waals surface area contributed by atoms with Gasteiger partial charge in [0.2, 0.25) is 0 Å². The Labute approximate surface area is 116 Å². The van der Waals surface area contributed by atoms with Gasteiger partial charge < -0.3 is 10.1 Å². The van der Waals surface area contributed by atoms with Crippen LogP contribution in [0.3, 0.4) is 0 Å². The zero-order chi connectivity index (χ0) is 13.7. The molecule has 0 spiro atoms. The van der Waals surface area contributed by atoms with Crippen LogP contribution < -0.4 is 5.32 Å². The van der Waals surface area contributed by atoms with Crippen molar-refractivity contribution in [1.29, 1.82) is 0 Å². The van der Waals surface area contributed by atoms with Gasteiger partial charge in [-0.3, -0.25) is 9.88 Å². The summed E-state index contributed by atoms with van der Waals surface area (Å²) in [5, 5.41) is 3.14. The van der Waals surface area contributed by atoms with Gasteiger partial charge in [-0.05, 0) is 32.0 Å². The van der Waals surface area contributed by atoms with Crippen molar-refractivity contribution in [2.45, 2.75) is 45.5 Å². The van der Waals surface area contributed by atoms with Crippen LogP contribution in [0.1, 0.15) is 31.5 Å². The summed E-state index contributed by atoms with van der Waals surface area (Å²) in [6.07, 6.45) is 3.42. The van der Waals surface area contributed by atoms with Gasteiger partial charge in [0.05, 0.1) is 18.4 Å². The number of nitrogens with zero attached hydrogens (tertiary/aromatic N) is 2. The average molecular weight is 263 g/mol. The van der Waals surface area contributed by atoms with Crippen LogP contribution in [0.15, 0.2) is 18.3 Å². The molecule has 2 heterocycles. The molecule has 0 amide bonds. The molecule has 2 atom stereocenters. The molecule has 1 aromatic rings. The van der Waals surface area contributed by atoms with Gasteiger partial charge in [-0.1, -0.05) is 13.0 Å². The first kappa shape index (κ1) is 14.4. The van der Waals surface area contributed by atoms with Crippen molar-refractivity contribution < 1.29 is 4.74 Å². The average Bonchev–Trinajstić information content (AvgIpc) is 2.42. The second-order valence-corrected chi connectivity index (χ2v) is 5.32. The second kappa shape index (κ2) is 6.98. The molecule has 4 heteroatoms. The Morgan fingerprint density at radius 2 is 2.32 bits per heavy atom. The molecule has 1 saturated heterocycles. The Morgan fingerprint density at radius 3 is 2.95 bits per heavy atom. The lowest BCUT2D eigenvalue weighted by Crippen LogP contribution is -2.47. The normalized spacial score (nSPS) is 24.6. The van der Waals surface area contributed by atoms with Crippen LogP contribution >= 0.6 is 0 Å². The number of rotatable bonds is 5. The van der Waals surface area contributed by atoms with E-state index < -0.39 is 0 Å². The van der Waals surface area contributed by atoms with E-state index in [2.05, 4.69) is 41.2 Å². The number of aromatic nitrogens is 1. The van der Waals surface area contributed by atoms with Crippen molar-refractivity contribution >= 4 is 0 Å². The zero-order valence-electron chi connectivity index (χ0n) is 12.2. The number of morpholine rings is 1. The fourth-order valence-electron chi connectivity index (χ4n) is 2.55. The SMILES string of the molecule is CCC1COC(C)CN1Cc1ccc(CNC)cn1. The van der Waals surface area contributed by atoms with Crippen molar-refractivity contribution in [2.75, 3.05) is 20.2 Å². The minimum Gasteiger partial charge on any atom is -0.376 e. The van der Waals surface area contributed by atoms with Crippen LogP contribution in [0.5, 0.6) is 0 Å². The van der Waals surface area contributed by atoms with Gasteiger partial charge in [-0.25, -0.2) is 0 Å². The van der Waals surface area contributed by atoms with Gasteiger partial charge in [0.1, 0.15) is 0 Å². The third-order valence-electron chi connectivity index (χ3n) is 3.68. The molecule has 0 saturated carbocycles.